The van der Waals surface area contributed by atoms with E-state index in [-0.39, 0.29) is 0 Å². The topological polar surface area (TPSA) is 9.23 Å². The maximum absolute atomic E-state index is 5.68. The van der Waals surface area contributed by atoms with Crippen LogP contribution < -0.4 is 0 Å². The van der Waals surface area contributed by atoms with E-state index in [9.17, 15) is 0 Å². The number of unbranched alkanes of at least 4 members (excludes halogenated alkanes) is 4. The average molecular weight is 184 g/mol. The molecule has 0 amide bonds. The SMILES string of the molecule is CCCCCCCC1CCCCO1. The van der Waals surface area contributed by atoms with Gasteiger partial charge in [0.05, 0.1) is 6.10 Å². The third-order valence-corrected chi connectivity index (χ3v) is 2.90. The lowest BCUT2D eigenvalue weighted by atomic mass is 10.0. The van der Waals surface area contributed by atoms with Crippen molar-refractivity contribution in [2.45, 2.75) is 70.8 Å². The quantitative estimate of drug-likeness (QED) is 0.569. The molecule has 1 aliphatic rings. The summed E-state index contributed by atoms with van der Waals surface area (Å²) >= 11 is 0. The highest BCUT2D eigenvalue weighted by molar-refractivity contribution is 4.63. The molecule has 1 rings (SSSR count). The van der Waals surface area contributed by atoms with Crippen LogP contribution in [-0.2, 0) is 4.74 Å². The Morgan fingerprint density at radius 2 is 1.92 bits per heavy atom. The fraction of sp³-hybridized carbons (Fsp3) is 1.00. The van der Waals surface area contributed by atoms with Crippen LogP contribution in [0, 0.1) is 0 Å². The number of ether oxygens (including phenoxy) is 1. The van der Waals surface area contributed by atoms with Gasteiger partial charge in [-0.05, 0) is 25.7 Å². The Kier molecular flexibility index (Phi) is 6.26. The molecule has 13 heavy (non-hydrogen) atoms. The Hall–Kier alpha value is -0.0400. The monoisotopic (exact) mass is 184 g/mol. The Bertz CT molecular complexity index is 106. The minimum atomic E-state index is 0.607. The van der Waals surface area contributed by atoms with Crippen molar-refractivity contribution < 1.29 is 4.74 Å². The van der Waals surface area contributed by atoms with E-state index in [2.05, 4.69) is 6.92 Å². The molecule has 1 heteroatoms. The molecular formula is C12H24O. The third-order valence-electron chi connectivity index (χ3n) is 2.90. The second kappa shape index (κ2) is 7.37. The van der Waals surface area contributed by atoms with Crippen molar-refractivity contribution in [2.24, 2.45) is 0 Å². The molecule has 1 heterocycles. The summed E-state index contributed by atoms with van der Waals surface area (Å²) in [5.74, 6) is 0. The van der Waals surface area contributed by atoms with Crippen LogP contribution in [0.25, 0.3) is 0 Å². The summed E-state index contributed by atoms with van der Waals surface area (Å²) in [5.41, 5.74) is 0. The van der Waals surface area contributed by atoms with Gasteiger partial charge in [0, 0.05) is 6.61 Å². The number of rotatable bonds is 6. The van der Waals surface area contributed by atoms with E-state index in [0.29, 0.717) is 6.10 Å². The largest absolute Gasteiger partial charge is 0.378 e. The molecule has 1 fully saturated rings. The zero-order chi connectivity index (χ0) is 9.36. The van der Waals surface area contributed by atoms with Gasteiger partial charge in [0.15, 0.2) is 0 Å². The first kappa shape index (κ1) is 11.0. The van der Waals surface area contributed by atoms with Crippen LogP contribution in [-0.4, -0.2) is 12.7 Å². The van der Waals surface area contributed by atoms with E-state index < -0.39 is 0 Å². The summed E-state index contributed by atoms with van der Waals surface area (Å²) < 4.78 is 5.68. The van der Waals surface area contributed by atoms with Gasteiger partial charge in [-0.15, -0.1) is 0 Å². The van der Waals surface area contributed by atoms with Gasteiger partial charge >= 0.3 is 0 Å². The summed E-state index contributed by atoms with van der Waals surface area (Å²) in [4.78, 5) is 0. The summed E-state index contributed by atoms with van der Waals surface area (Å²) in [6.07, 6.45) is 12.9. The summed E-state index contributed by atoms with van der Waals surface area (Å²) in [5, 5.41) is 0. The van der Waals surface area contributed by atoms with E-state index in [4.69, 9.17) is 4.74 Å². The molecule has 1 aliphatic heterocycles. The molecule has 1 saturated heterocycles. The highest BCUT2D eigenvalue weighted by Gasteiger charge is 2.12. The van der Waals surface area contributed by atoms with Crippen LogP contribution >= 0.6 is 0 Å². The Morgan fingerprint density at radius 3 is 2.62 bits per heavy atom. The fourth-order valence-electron chi connectivity index (χ4n) is 2.01. The van der Waals surface area contributed by atoms with Crippen molar-refractivity contribution in [1.82, 2.24) is 0 Å². The van der Waals surface area contributed by atoms with Crippen molar-refractivity contribution in [3.05, 3.63) is 0 Å². The van der Waals surface area contributed by atoms with Crippen molar-refractivity contribution in [3.63, 3.8) is 0 Å². The van der Waals surface area contributed by atoms with E-state index in [1.54, 1.807) is 0 Å². The van der Waals surface area contributed by atoms with Crippen LogP contribution in [0.15, 0.2) is 0 Å². The lowest BCUT2D eigenvalue weighted by Gasteiger charge is -2.22. The predicted molar refractivity (Wildman–Crippen MR) is 57.0 cm³/mol. The van der Waals surface area contributed by atoms with Gasteiger partial charge in [0.2, 0.25) is 0 Å². The minimum absolute atomic E-state index is 0.607. The Morgan fingerprint density at radius 1 is 1.08 bits per heavy atom. The first-order valence-electron chi connectivity index (χ1n) is 6.05. The van der Waals surface area contributed by atoms with Crippen LogP contribution in [0.4, 0.5) is 0 Å². The van der Waals surface area contributed by atoms with Gasteiger partial charge < -0.3 is 4.74 Å². The molecular weight excluding hydrogens is 160 g/mol. The van der Waals surface area contributed by atoms with Gasteiger partial charge in [0.25, 0.3) is 0 Å². The minimum Gasteiger partial charge on any atom is -0.378 e. The summed E-state index contributed by atoms with van der Waals surface area (Å²) in [7, 11) is 0. The second-order valence-corrected chi connectivity index (χ2v) is 4.19. The van der Waals surface area contributed by atoms with E-state index in [1.165, 1.54) is 57.8 Å². The summed E-state index contributed by atoms with van der Waals surface area (Å²) in [6.45, 7) is 3.28. The average Bonchev–Trinajstić information content (AvgIpc) is 2.19. The molecule has 0 aromatic carbocycles. The third kappa shape index (κ3) is 5.30. The maximum atomic E-state index is 5.68. The Labute approximate surface area is 82.9 Å². The van der Waals surface area contributed by atoms with Gasteiger partial charge in [-0.25, -0.2) is 0 Å². The molecule has 0 spiro atoms. The molecule has 1 nitrogen and oxygen atoms in total. The van der Waals surface area contributed by atoms with E-state index in [1.807, 2.05) is 0 Å². The highest BCUT2D eigenvalue weighted by atomic mass is 16.5. The molecule has 0 aromatic heterocycles. The molecule has 0 aliphatic carbocycles. The van der Waals surface area contributed by atoms with Crippen molar-refractivity contribution in [1.29, 1.82) is 0 Å². The predicted octanol–water partition coefficient (Wildman–Crippen LogP) is 3.92. The van der Waals surface area contributed by atoms with E-state index >= 15 is 0 Å². The zero-order valence-corrected chi connectivity index (χ0v) is 9.06. The number of hydrogen-bond acceptors (Lipinski definition) is 1. The van der Waals surface area contributed by atoms with Gasteiger partial charge in [-0.2, -0.15) is 0 Å². The van der Waals surface area contributed by atoms with Crippen molar-refractivity contribution in [3.8, 4) is 0 Å². The van der Waals surface area contributed by atoms with E-state index in [0.717, 1.165) is 6.61 Å². The van der Waals surface area contributed by atoms with Crippen molar-refractivity contribution >= 4 is 0 Å². The van der Waals surface area contributed by atoms with Crippen LogP contribution in [0.2, 0.25) is 0 Å². The Balaban J connectivity index is 1.86. The van der Waals surface area contributed by atoms with Crippen LogP contribution in [0.3, 0.4) is 0 Å². The molecule has 0 aromatic rings. The molecule has 1 unspecified atom stereocenters. The standard InChI is InChI=1S/C12H24O/c1-2-3-4-5-6-9-12-10-7-8-11-13-12/h12H,2-11H2,1H3. The number of hydrogen-bond donors (Lipinski definition) is 0. The smallest absolute Gasteiger partial charge is 0.0575 e. The van der Waals surface area contributed by atoms with Crippen LogP contribution in [0.5, 0.6) is 0 Å². The first-order chi connectivity index (χ1) is 6.43. The zero-order valence-electron chi connectivity index (χ0n) is 9.06. The van der Waals surface area contributed by atoms with Gasteiger partial charge in [-0.3, -0.25) is 0 Å². The lowest BCUT2D eigenvalue weighted by molar-refractivity contribution is 0.00977. The normalized spacial score (nSPS) is 23.3. The molecule has 0 radical (unpaired) electrons. The van der Waals surface area contributed by atoms with Crippen LogP contribution in [0.1, 0.15) is 64.7 Å². The second-order valence-electron chi connectivity index (χ2n) is 4.19. The molecule has 78 valence electrons. The fourth-order valence-corrected chi connectivity index (χ4v) is 2.01. The van der Waals surface area contributed by atoms with Gasteiger partial charge in [-0.1, -0.05) is 39.0 Å². The molecule has 0 bridgehead atoms. The molecule has 1 atom stereocenters. The van der Waals surface area contributed by atoms with Crippen molar-refractivity contribution in [2.75, 3.05) is 6.61 Å². The summed E-state index contributed by atoms with van der Waals surface area (Å²) in [6, 6.07) is 0. The van der Waals surface area contributed by atoms with Gasteiger partial charge in [0.1, 0.15) is 0 Å². The lowest BCUT2D eigenvalue weighted by Crippen LogP contribution is -2.18. The maximum Gasteiger partial charge on any atom is 0.0575 e. The first-order valence-corrected chi connectivity index (χ1v) is 6.05. The molecule has 0 saturated carbocycles. The highest BCUT2D eigenvalue weighted by Crippen LogP contribution is 2.18. The molecule has 0 N–H and O–H groups in total.